The molecular weight excluding hydrogens is 236 g/mol. The number of hydrogen-bond acceptors (Lipinski definition) is 3. The van der Waals surface area contributed by atoms with Crippen LogP contribution in [0, 0.1) is 0 Å². The highest BCUT2D eigenvalue weighted by molar-refractivity contribution is 5.99. The lowest BCUT2D eigenvalue weighted by Gasteiger charge is -1.98. The SMILES string of the molecule is COc1ccc2cc(C(=O)NCC(=O)O)[nH]c2c1. The molecule has 0 spiro atoms. The maximum atomic E-state index is 11.6. The van der Waals surface area contributed by atoms with Crippen molar-refractivity contribution in [3.63, 3.8) is 0 Å². The smallest absolute Gasteiger partial charge is 0.322 e. The molecule has 94 valence electrons. The van der Waals surface area contributed by atoms with E-state index in [0.29, 0.717) is 11.4 Å². The van der Waals surface area contributed by atoms with Gasteiger partial charge in [-0.25, -0.2) is 0 Å². The van der Waals surface area contributed by atoms with Gasteiger partial charge in [0.1, 0.15) is 18.0 Å². The van der Waals surface area contributed by atoms with Crippen LogP contribution in [0.1, 0.15) is 10.5 Å². The summed E-state index contributed by atoms with van der Waals surface area (Å²) in [5, 5.41) is 11.6. The summed E-state index contributed by atoms with van der Waals surface area (Å²) in [7, 11) is 1.56. The van der Waals surface area contributed by atoms with Gasteiger partial charge in [0, 0.05) is 17.0 Å². The summed E-state index contributed by atoms with van der Waals surface area (Å²) >= 11 is 0. The Kier molecular flexibility index (Phi) is 3.18. The Morgan fingerprint density at radius 2 is 2.17 bits per heavy atom. The van der Waals surface area contributed by atoms with Crippen LogP contribution < -0.4 is 10.1 Å². The van der Waals surface area contributed by atoms with Crippen molar-refractivity contribution in [2.75, 3.05) is 13.7 Å². The normalized spacial score (nSPS) is 10.3. The van der Waals surface area contributed by atoms with E-state index < -0.39 is 18.4 Å². The average molecular weight is 248 g/mol. The minimum atomic E-state index is -1.08. The fraction of sp³-hybridized carbons (Fsp3) is 0.167. The van der Waals surface area contributed by atoms with Crippen molar-refractivity contribution < 1.29 is 19.4 Å². The van der Waals surface area contributed by atoms with E-state index in [2.05, 4.69) is 10.3 Å². The molecule has 6 nitrogen and oxygen atoms in total. The first-order chi connectivity index (χ1) is 8.60. The van der Waals surface area contributed by atoms with Gasteiger partial charge in [0.2, 0.25) is 0 Å². The number of ether oxygens (including phenoxy) is 1. The molecule has 0 saturated carbocycles. The summed E-state index contributed by atoms with van der Waals surface area (Å²) in [4.78, 5) is 24.9. The van der Waals surface area contributed by atoms with Gasteiger partial charge in [-0.05, 0) is 18.2 Å². The number of amides is 1. The number of fused-ring (bicyclic) bond motifs is 1. The van der Waals surface area contributed by atoms with Crippen molar-refractivity contribution in [3.8, 4) is 5.75 Å². The molecule has 0 bridgehead atoms. The van der Waals surface area contributed by atoms with Gasteiger partial charge >= 0.3 is 5.97 Å². The largest absolute Gasteiger partial charge is 0.497 e. The summed E-state index contributed by atoms with van der Waals surface area (Å²) in [5.74, 6) is -0.851. The van der Waals surface area contributed by atoms with E-state index in [1.165, 1.54) is 0 Å². The van der Waals surface area contributed by atoms with Crippen LogP contribution in [0.25, 0.3) is 10.9 Å². The van der Waals surface area contributed by atoms with Crippen LogP contribution in [0.4, 0.5) is 0 Å². The van der Waals surface area contributed by atoms with Crippen LogP contribution in [-0.2, 0) is 4.79 Å². The zero-order valence-electron chi connectivity index (χ0n) is 9.69. The zero-order chi connectivity index (χ0) is 13.1. The van der Waals surface area contributed by atoms with Gasteiger partial charge in [-0.15, -0.1) is 0 Å². The quantitative estimate of drug-likeness (QED) is 0.752. The zero-order valence-corrected chi connectivity index (χ0v) is 9.69. The van der Waals surface area contributed by atoms with Crippen LogP contribution in [0.2, 0.25) is 0 Å². The molecule has 1 aromatic heterocycles. The molecule has 0 unspecified atom stereocenters. The number of carboxylic acids is 1. The molecule has 0 aliphatic heterocycles. The Bertz CT molecular complexity index is 603. The van der Waals surface area contributed by atoms with E-state index >= 15 is 0 Å². The molecule has 0 aliphatic rings. The molecule has 2 rings (SSSR count). The molecular formula is C12H12N2O4. The van der Waals surface area contributed by atoms with Crippen molar-refractivity contribution in [1.82, 2.24) is 10.3 Å². The number of carbonyl (C=O) groups excluding carboxylic acids is 1. The van der Waals surface area contributed by atoms with Gasteiger partial charge in [-0.2, -0.15) is 0 Å². The molecule has 1 amide bonds. The highest BCUT2D eigenvalue weighted by Crippen LogP contribution is 2.21. The summed E-state index contributed by atoms with van der Waals surface area (Å²) < 4.78 is 5.07. The first-order valence-electron chi connectivity index (χ1n) is 5.27. The van der Waals surface area contributed by atoms with Crippen LogP contribution in [0.15, 0.2) is 24.3 Å². The van der Waals surface area contributed by atoms with Crippen LogP contribution in [-0.4, -0.2) is 35.6 Å². The molecule has 0 atom stereocenters. The molecule has 6 heteroatoms. The predicted octanol–water partition coefficient (Wildman–Crippen LogP) is 0.991. The summed E-state index contributed by atoms with van der Waals surface area (Å²) in [5.41, 5.74) is 1.08. The van der Waals surface area contributed by atoms with Gasteiger partial charge in [0.05, 0.1) is 7.11 Å². The van der Waals surface area contributed by atoms with E-state index in [1.54, 1.807) is 25.3 Å². The lowest BCUT2D eigenvalue weighted by Crippen LogP contribution is -2.29. The summed E-state index contributed by atoms with van der Waals surface area (Å²) in [6, 6.07) is 7.03. The highest BCUT2D eigenvalue weighted by Gasteiger charge is 2.10. The number of carboxylic acid groups (broad SMARTS) is 1. The van der Waals surface area contributed by atoms with E-state index in [4.69, 9.17) is 9.84 Å². The first-order valence-corrected chi connectivity index (χ1v) is 5.27. The fourth-order valence-corrected chi connectivity index (χ4v) is 1.61. The van der Waals surface area contributed by atoms with Crippen LogP contribution in [0.3, 0.4) is 0 Å². The second-order valence-electron chi connectivity index (χ2n) is 3.71. The van der Waals surface area contributed by atoms with E-state index in [9.17, 15) is 9.59 Å². The number of aliphatic carboxylic acids is 1. The maximum Gasteiger partial charge on any atom is 0.322 e. The number of carbonyl (C=O) groups is 2. The van der Waals surface area contributed by atoms with Gasteiger partial charge in [-0.3, -0.25) is 9.59 Å². The van der Waals surface area contributed by atoms with Crippen molar-refractivity contribution >= 4 is 22.8 Å². The predicted molar refractivity (Wildman–Crippen MR) is 64.8 cm³/mol. The number of methoxy groups -OCH3 is 1. The molecule has 1 aromatic carbocycles. The molecule has 0 fully saturated rings. The number of H-pyrrole nitrogens is 1. The molecule has 0 radical (unpaired) electrons. The number of hydrogen-bond donors (Lipinski definition) is 3. The minimum absolute atomic E-state index is 0.319. The summed E-state index contributed by atoms with van der Waals surface area (Å²) in [6.45, 7) is -0.405. The monoisotopic (exact) mass is 248 g/mol. The van der Waals surface area contributed by atoms with Crippen molar-refractivity contribution in [1.29, 1.82) is 0 Å². The number of rotatable bonds is 4. The third-order valence-electron chi connectivity index (χ3n) is 2.47. The summed E-state index contributed by atoms with van der Waals surface area (Å²) in [6.07, 6.45) is 0. The Hall–Kier alpha value is -2.50. The molecule has 3 N–H and O–H groups in total. The Labute approximate surface area is 103 Å². The van der Waals surface area contributed by atoms with Gasteiger partial charge in [-0.1, -0.05) is 0 Å². The second-order valence-corrected chi connectivity index (χ2v) is 3.71. The van der Waals surface area contributed by atoms with Gasteiger partial charge in [0.15, 0.2) is 0 Å². The molecule has 18 heavy (non-hydrogen) atoms. The molecule has 2 aromatic rings. The average Bonchev–Trinajstić information content (AvgIpc) is 2.78. The van der Waals surface area contributed by atoms with Crippen molar-refractivity contribution in [2.24, 2.45) is 0 Å². The number of benzene rings is 1. The Morgan fingerprint density at radius 3 is 2.83 bits per heavy atom. The van der Waals surface area contributed by atoms with E-state index in [1.807, 2.05) is 6.07 Å². The Morgan fingerprint density at radius 1 is 1.39 bits per heavy atom. The molecule has 1 heterocycles. The second kappa shape index (κ2) is 4.79. The van der Waals surface area contributed by atoms with Crippen molar-refractivity contribution in [3.05, 3.63) is 30.0 Å². The van der Waals surface area contributed by atoms with E-state index in [0.717, 1.165) is 10.9 Å². The first kappa shape index (κ1) is 12.0. The van der Waals surface area contributed by atoms with Crippen LogP contribution >= 0.6 is 0 Å². The van der Waals surface area contributed by atoms with Gasteiger partial charge in [0.25, 0.3) is 5.91 Å². The number of nitrogens with one attached hydrogen (secondary N) is 2. The highest BCUT2D eigenvalue weighted by atomic mass is 16.5. The third-order valence-corrected chi connectivity index (χ3v) is 2.47. The fourth-order valence-electron chi connectivity index (χ4n) is 1.61. The molecule has 0 aliphatic carbocycles. The number of aromatic nitrogens is 1. The Balaban J connectivity index is 2.24. The van der Waals surface area contributed by atoms with Gasteiger partial charge < -0.3 is 20.1 Å². The maximum absolute atomic E-state index is 11.6. The third kappa shape index (κ3) is 2.42. The standard InChI is InChI=1S/C12H12N2O4/c1-18-8-3-2-7-4-10(14-9(7)5-8)12(17)13-6-11(15)16/h2-5,14H,6H2,1H3,(H,13,17)(H,15,16). The minimum Gasteiger partial charge on any atom is -0.497 e. The van der Waals surface area contributed by atoms with Crippen LogP contribution in [0.5, 0.6) is 5.75 Å². The lowest BCUT2D eigenvalue weighted by molar-refractivity contribution is -0.135. The van der Waals surface area contributed by atoms with Crippen molar-refractivity contribution in [2.45, 2.75) is 0 Å². The van der Waals surface area contributed by atoms with E-state index in [-0.39, 0.29) is 0 Å². The number of aromatic amines is 1. The topological polar surface area (TPSA) is 91.4 Å². The molecule has 0 saturated heterocycles. The lowest BCUT2D eigenvalue weighted by atomic mass is 10.2.